The molecule has 9 heteroatoms. The van der Waals surface area contributed by atoms with Crippen molar-refractivity contribution < 1.29 is 26.7 Å². The maximum absolute atomic E-state index is 12.4. The van der Waals surface area contributed by atoms with Crippen LogP contribution in [0.5, 0.6) is 0 Å². The molecule has 1 aromatic rings. The zero-order chi connectivity index (χ0) is 15.7. The first-order valence-corrected chi connectivity index (χ1v) is 8.12. The highest BCUT2D eigenvalue weighted by atomic mass is 32.2. The average molecular weight is 324 g/mol. The number of alkyl halides is 3. The molecule has 0 saturated carbocycles. The summed E-state index contributed by atoms with van der Waals surface area (Å²) in [5.74, 6) is -0.174. The maximum atomic E-state index is 12.4. The van der Waals surface area contributed by atoms with E-state index in [2.05, 4.69) is 10.3 Å². The highest BCUT2D eigenvalue weighted by Gasteiger charge is 2.35. The fourth-order valence-electron chi connectivity index (χ4n) is 2.03. The van der Waals surface area contributed by atoms with Crippen molar-refractivity contribution in [2.24, 2.45) is 0 Å². The van der Waals surface area contributed by atoms with Crippen LogP contribution < -0.4 is 5.32 Å². The number of sulfone groups is 1. The Morgan fingerprint density at radius 1 is 1.29 bits per heavy atom. The smallest absolute Gasteiger partial charge is 0.388 e. The lowest BCUT2D eigenvalue weighted by Crippen LogP contribution is -2.44. The van der Waals surface area contributed by atoms with E-state index in [1.165, 1.54) is 6.07 Å². The largest absolute Gasteiger partial charge is 0.433 e. The molecule has 1 aliphatic heterocycles. The summed E-state index contributed by atoms with van der Waals surface area (Å²) < 4.78 is 59.6. The van der Waals surface area contributed by atoms with E-state index in [0.717, 1.165) is 12.3 Å². The minimum absolute atomic E-state index is 0.0650. The van der Waals surface area contributed by atoms with E-state index < -0.39 is 27.3 Å². The van der Waals surface area contributed by atoms with E-state index in [1.807, 2.05) is 0 Å². The van der Waals surface area contributed by atoms with Gasteiger partial charge in [-0.3, -0.25) is 0 Å². The number of hydrogen-bond acceptors (Lipinski definition) is 5. The Kier molecular flexibility index (Phi) is 4.16. The molecule has 2 heterocycles. The molecule has 0 bridgehead atoms. The summed E-state index contributed by atoms with van der Waals surface area (Å²) >= 11 is 0. The van der Waals surface area contributed by atoms with Crippen LogP contribution in [-0.4, -0.2) is 42.2 Å². The minimum Gasteiger partial charge on any atom is -0.388 e. The van der Waals surface area contributed by atoms with Gasteiger partial charge in [0.05, 0.1) is 29.0 Å². The van der Waals surface area contributed by atoms with E-state index in [0.29, 0.717) is 5.69 Å². The normalized spacial score (nSPS) is 21.0. The van der Waals surface area contributed by atoms with Crippen molar-refractivity contribution >= 4 is 15.5 Å². The van der Waals surface area contributed by atoms with Crippen molar-refractivity contribution in [3.63, 3.8) is 0 Å². The minimum atomic E-state index is -4.49. The first-order chi connectivity index (χ1) is 9.60. The highest BCUT2D eigenvalue weighted by molar-refractivity contribution is 7.91. The Morgan fingerprint density at radius 3 is 2.38 bits per heavy atom. The number of aliphatic hydroxyl groups is 1. The van der Waals surface area contributed by atoms with Crippen molar-refractivity contribution in [1.29, 1.82) is 0 Å². The molecule has 5 nitrogen and oxygen atoms in total. The van der Waals surface area contributed by atoms with Crippen LogP contribution >= 0.6 is 0 Å². The van der Waals surface area contributed by atoms with Gasteiger partial charge in [-0.15, -0.1) is 0 Å². The topological polar surface area (TPSA) is 79.3 Å². The second kappa shape index (κ2) is 5.45. The van der Waals surface area contributed by atoms with Crippen LogP contribution in [0.1, 0.15) is 18.5 Å². The van der Waals surface area contributed by atoms with Crippen LogP contribution in [-0.2, 0) is 16.0 Å². The molecule has 118 valence electrons. The average Bonchev–Trinajstić information content (AvgIpc) is 2.40. The molecule has 0 aliphatic carbocycles. The maximum Gasteiger partial charge on any atom is 0.433 e. The molecule has 0 atom stereocenters. The summed E-state index contributed by atoms with van der Waals surface area (Å²) in [5, 5.41) is 13.0. The van der Waals surface area contributed by atoms with Gasteiger partial charge in [0.25, 0.3) is 0 Å². The second-order valence-electron chi connectivity index (χ2n) is 5.16. The number of nitrogens with zero attached hydrogens (tertiary/aromatic N) is 1. The zero-order valence-corrected chi connectivity index (χ0v) is 11.8. The molecule has 2 N–H and O–H groups in total. The first-order valence-electron chi connectivity index (χ1n) is 6.30. The van der Waals surface area contributed by atoms with Crippen LogP contribution in [0.15, 0.2) is 18.3 Å². The summed E-state index contributed by atoms with van der Waals surface area (Å²) in [6.07, 6.45) is -3.24. The monoisotopic (exact) mass is 324 g/mol. The van der Waals surface area contributed by atoms with Crippen LogP contribution in [0.4, 0.5) is 18.9 Å². The second-order valence-corrected chi connectivity index (χ2v) is 7.46. The Labute approximate surface area is 120 Å². The quantitative estimate of drug-likeness (QED) is 0.880. The molecule has 1 aliphatic rings. The summed E-state index contributed by atoms with van der Waals surface area (Å²) in [5.41, 5.74) is -1.83. The molecular weight excluding hydrogens is 309 g/mol. The number of nitrogens with one attached hydrogen (secondary N) is 1. The molecule has 0 aromatic carbocycles. The van der Waals surface area contributed by atoms with E-state index in [1.54, 1.807) is 0 Å². The van der Waals surface area contributed by atoms with Crippen molar-refractivity contribution in [2.75, 3.05) is 23.4 Å². The van der Waals surface area contributed by atoms with Crippen molar-refractivity contribution in [2.45, 2.75) is 24.6 Å². The van der Waals surface area contributed by atoms with Crippen LogP contribution in [0, 0.1) is 0 Å². The molecule has 1 aromatic heterocycles. The van der Waals surface area contributed by atoms with Crippen molar-refractivity contribution in [3.05, 3.63) is 24.0 Å². The zero-order valence-electron chi connectivity index (χ0n) is 11.0. The van der Waals surface area contributed by atoms with Crippen LogP contribution in [0.3, 0.4) is 0 Å². The predicted molar refractivity (Wildman–Crippen MR) is 70.6 cm³/mol. The fourth-order valence-corrected chi connectivity index (χ4v) is 3.61. The van der Waals surface area contributed by atoms with Crippen molar-refractivity contribution in [1.82, 2.24) is 4.98 Å². The third-order valence-electron chi connectivity index (χ3n) is 3.43. The molecule has 0 unspecified atom stereocenters. The number of anilines is 1. The predicted octanol–water partition coefficient (Wildman–Crippen LogP) is 1.45. The van der Waals surface area contributed by atoms with E-state index >= 15 is 0 Å². The lowest BCUT2D eigenvalue weighted by atomic mass is 9.97. The Balaban J connectivity index is 1.94. The van der Waals surface area contributed by atoms with Gasteiger partial charge < -0.3 is 10.4 Å². The Morgan fingerprint density at radius 2 is 1.90 bits per heavy atom. The van der Waals surface area contributed by atoms with Gasteiger partial charge in [0.15, 0.2) is 9.84 Å². The van der Waals surface area contributed by atoms with Crippen molar-refractivity contribution in [3.8, 4) is 0 Å². The fraction of sp³-hybridized carbons (Fsp3) is 0.583. The molecule has 0 spiro atoms. The summed E-state index contributed by atoms with van der Waals surface area (Å²) in [6, 6.07) is 2.07. The van der Waals surface area contributed by atoms with Gasteiger partial charge in [0.1, 0.15) is 5.69 Å². The Hall–Kier alpha value is -1.35. The first kappa shape index (κ1) is 16.0. The van der Waals surface area contributed by atoms with Gasteiger partial charge in [-0.1, -0.05) is 0 Å². The molecule has 1 saturated heterocycles. The number of aromatic nitrogens is 1. The van der Waals surface area contributed by atoms with Crippen LogP contribution in [0.2, 0.25) is 0 Å². The van der Waals surface area contributed by atoms with Gasteiger partial charge in [0, 0.05) is 6.54 Å². The number of halogens is 3. The summed E-state index contributed by atoms with van der Waals surface area (Å²) in [6.45, 7) is 0.0650. The standard InChI is InChI=1S/C12H15F3N2O3S/c13-12(14,15)10-2-1-9(7-16-10)17-8-11(18)3-5-21(19,20)6-4-11/h1-2,7,17-18H,3-6,8H2. The number of pyridine rings is 1. The SMILES string of the molecule is O=S1(=O)CCC(O)(CNc2ccc(C(F)(F)F)nc2)CC1. The highest BCUT2D eigenvalue weighted by Crippen LogP contribution is 2.28. The molecule has 0 amide bonds. The van der Waals surface area contributed by atoms with Gasteiger partial charge >= 0.3 is 6.18 Å². The molecule has 2 rings (SSSR count). The molecule has 21 heavy (non-hydrogen) atoms. The summed E-state index contributed by atoms with van der Waals surface area (Å²) in [7, 11) is -3.08. The third kappa shape index (κ3) is 4.31. The van der Waals surface area contributed by atoms with Gasteiger partial charge in [0.2, 0.25) is 0 Å². The molecule has 1 fully saturated rings. The lowest BCUT2D eigenvalue weighted by molar-refractivity contribution is -0.141. The Bertz CT molecular complexity index is 585. The van der Waals surface area contributed by atoms with Crippen LogP contribution in [0.25, 0.3) is 0 Å². The number of hydrogen-bond donors (Lipinski definition) is 2. The van der Waals surface area contributed by atoms with Gasteiger partial charge in [-0.05, 0) is 25.0 Å². The number of rotatable bonds is 3. The van der Waals surface area contributed by atoms with Gasteiger partial charge in [-0.2, -0.15) is 13.2 Å². The van der Waals surface area contributed by atoms with Gasteiger partial charge in [-0.25, -0.2) is 13.4 Å². The summed E-state index contributed by atoms with van der Waals surface area (Å²) in [4.78, 5) is 3.29. The van der Waals surface area contributed by atoms with E-state index in [4.69, 9.17) is 0 Å². The third-order valence-corrected chi connectivity index (χ3v) is 5.08. The molecule has 0 radical (unpaired) electrons. The van der Waals surface area contributed by atoms with E-state index in [9.17, 15) is 26.7 Å². The molecular formula is C12H15F3N2O3S. The van der Waals surface area contributed by atoms with E-state index in [-0.39, 0.29) is 30.9 Å². The lowest BCUT2D eigenvalue weighted by Gasteiger charge is -2.32.